The third-order valence-electron chi connectivity index (χ3n) is 6.40. The number of amides is 3. The lowest BCUT2D eigenvalue weighted by Crippen LogP contribution is -2.54. The lowest BCUT2D eigenvalue weighted by Gasteiger charge is -2.31. The SMILES string of the molecule is CC[C@@H](C)N1C(=O)[C@H]2[C@@H](C(C)C)N[C@@]3(C(=O)Nc4ccc(Br)cc43)[C@@H]2C1=O. The molecule has 0 bridgehead atoms. The Hall–Kier alpha value is -1.73. The number of rotatable bonds is 3. The van der Waals surface area contributed by atoms with Crippen molar-refractivity contribution in [3.8, 4) is 0 Å². The Balaban J connectivity index is 1.92. The molecule has 1 aromatic carbocycles. The maximum Gasteiger partial charge on any atom is 0.250 e. The largest absolute Gasteiger partial charge is 0.324 e. The standard InChI is InChI=1S/C20H24BrN3O3/c1-5-10(4)24-17(25)14-15(18(24)26)20(23-16(14)9(2)3)12-8-11(21)6-7-13(12)22-19(20)27/h6-10,14-16,23H,5H2,1-4H3,(H,22,27)/t10-,14-,15+,16-,20-/m1/s1. The highest BCUT2D eigenvalue weighted by atomic mass is 79.9. The Morgan fingerprint density at radius 3 is 2.52 bits per heavy atom. The van der Waals surface area contributed by atoms with Crippen LogP contribution < -0.4 is 10.6 Å². The molecule has 2 N–H and O–H groups in total. The zero-order chi connectivity index (χ0) is 19.7. The lowest BCUT2D eigenvalue weighted by atomic mass is 9.76. The second-order valence-corrected chi connectivity index (χ2v) is 9.09. The molecule has 6 nitrogen and oxygen atoms in total. The number of halogens is 1. The van der Waals surface area contributed by atoms with Gasteiger partial charge in [-0.15, -0.1) is 0 Å². The van der Waals surface area contributed by atoms with Gasteiger partial charge in [0.25, 0.3) is 0 Å². The van der Waals surface area contributed by atoms with Crippen LogP contribution in [0.3, 0.4) is 0 Å². The van der Waals surface area contributed by atoms with Crippen molar-refractivity contribution in [2.45, 2.75) is 51.7 Å². The van der Waals surface area contributed by atoms with Gasteiger partial charge in [0.1, 0.15) is 5.54 Å². The normalized spacial score (nSPS) is 33.0. The highest BCUT2D eigenvalue weighted by molar-refractivity contribution is 9.10. The molecule has 0 aromatic heterocycles. The fraction of sp³-hybridized carbons (Fsp3) is 0.550. The molecule has 27 heavy (non-hydrogen) atoms. The highest BCUT2D eigenvalue weighted by Crippen LogP contribution is 2.54. The van der Waals surface area contributed by atoms with Crippen LogP contribution in [0.4, 0.5) is 5.69 Å². The van der Waals surface area contributed by atoms with E-state index in [1.807, 2.05) is 45.9 Å². The molecule has 2 fully saturated rings. The average molecular weight is 434 g/mol. The molecule has 2 saturated heterocycles. The van der Waals surface area contributed by atoms with Crippen molar-refractivity contribution < 1.29 is 14.4 Å². The predicted molar refractivity (Wildman–Crippen MR) is 105 cm³/mol. The molecule has 3 aliphatic rings. The number of imide groups is 1. The van der Waals surface area contributed by atoms with Gasteiger partial charge in [-0.05, 0) is 37.5 Å². The summed E-state index contributed by atoms with van der Waals surface area (Å²) in [6.45, 7) is 7.89. The van der Waals surface area contributed by atoms with Crippen LogP contribution in [0, 0.1) is 17.8 Å². The van der Waals surface area contributed by atoms with E-state index >= 15 is 0 Å². The van der Waals surface area contributed by atoms with Gasteiger partial charge >= 0.3 is 0 Å². The highest BCUT2D eigenvalue weighted by Gasteiger charge is 2.71. The molecule has 0 radical (unpaired) electrons. The number of hydrogen-bond donors (Lipinski definition) is 2. The Kier molecular flexibility index (Phi) is 4.23. The van der Waals surface area contributed by atoms with Crippen LogP contribution in [-0.2, 0) is 19.9 Å². The molecule has 7 heteroatoms. The summed E-state index contributed by atoms with van der Waals surface area (Å²) < 4.78 is 0.832. The first-order valence-electron chi connectivity index (χ1n) is 9.50. The number of likely N-dealkylation sites (tertiary alicyclic amines) is 1. The number of carbonyl (C=O) groups excluding carboxylic acids is 3. The molecule has 1 aromatic rings. The van der Waals surface area contributed by atoms with Crippen LogP contribution in [0.5, 0.6) is 0 Å². The molecule has 5 atom stereocenters. The Morgan fingerprint density at radius 2 is 1.89 bits per heavy atom. The summed E-state index contributed by atoms with van der Waals surface area (Å²) in [7, 11) is 0. The van der Waals surface area contributed by atoms with Crippen molar-refractivity contribution in [1.82, 2.24) is 10.2 Å². The van der Waals surface area contributed by atoms with Crippen LogP contribution in [0.2, 0.25) is 0 Å². The fourth-order valence-corrected chi connectivity index (χ4v) is 5.28. The molecule has 1 spiro atoms. The molecule has 4 rings (SSSR count). The van der Waals surface area contributed by atoms with Crippen LogP contribution >= 0.6 is 15.9 Å². The van der Waals surface area contributed by atoms with Crippen molar-refractivity contribution in [3.05, 3.63) is 28.2 Å². The molecule has 144 valence electrons. The summed E-state index contributed by atoms with van der Waals surface area (Å²) in [5.41, 5.74) is 0.237. The van der Waals surface area contributed by atoms with E-state index in [1.54, 1.807) is 0 Å². The van der Waals surface area contributed by atoms with Crippen molar-refractivity contribution in [2.75, 3.05) is 5.32 Å². The molecule has 3 heterocycles. The van der Waals surface area contributed by atoms with E-state index in [4.69, 9.17) is 0 Å². The van der Waals surface area contributed by atoms with E-state index in [1.165, 1.54) is 4.90 Å². The Bertz CT molecular complexity index is 855. The van der Waals surface area contributed by atoms with E-state index in [0.717, 1.165) is 10.0 Å². The number of fused-ring (bicyclic) bond motifs is 4. The van der Waals surface area contributed by atoms with E-state index in [2.05, 4.69) is 26.6 Å². The number of nitrogens with one attached hydrogen (secondary N) is 2. The van der Waals surface area contributed by atoms with Crippen LogP contribution in [0.25, 0.3) is 0 Å². The quantitative estimate of drug-likeness (QED) is 0.718. The van der Waals surface area contributed by atoms with Crippen LogP contribution in [0.1, 0.15) is 39.7 Å². The van der Waals surface area contributed by atoms with Crippen molar-refractivity contribution >= 4 is 39.3 Å². The van der Waals surface area contributed by atoms with Gasteiger partial charge in [-0.2, -0.15) is 0 Å². The van der Waals surface area contributed by atoms with Crippen LogP contribution in [0.15, 0.2) is 22.7 Å². The zero-order valence-corrected chi connectivity index (χ0v) is 17.5. The minimum absolute atomic E-state index is 0.106. The summed E-state index contributed by atoms with van der Waals surface area (Å²) in [6, 6.07) is 5.16. The zero-order valence-electron chi connectivity index (χ0n) is 15.9. The summed E-state index contributed by atoms with van der Waals surface area (Å²) >= 11 is 3.48. The second-order valence-electron chi connectivity index (χ2n) is 8.17. The first-order valence-corrected chi connectivity index (χ1v) is 10.3. The molecular weight excluding hydrogens is 410 g/mol. The van der Waals surface area contributed by atoms with Gasteiger partial charge in [0.05, 0.1) is 11.8 Å². The van der Waals surface area contributed by atoms with Crippen molar-refractivity contribution in [2.24, 2.45) is 17.8 Å². The Labute approximate surface area is 167 Å². The maximum atomic E-state index is 13.4. The predicted octanol–water partition coefficient (Wildman–Crippen LogP) is 2.62. The number of carbonyl (C=O) groups is 3. The summed E-state index contributed by atoms with van der Waals surface area (Å²) in [6.07, 6.45) is 0.692. The van der Waals surface area contributed by atoms with Gasteiger partial charge in [0.2, 0.25) is 17.7 Å². The number of hydrogen-bond acceptors (Lipinski definition) is 4. The third kappa shape index (κ3) is 2.30. The van der Waals surface area contributed by atoms with E-state index in [-0.39, 0.29) is 35.7 Å². The van der Waals surface area contributed by atoms with Gasteiger partial charge in [0, 0.05) is 27.8 Å². The minimum atomic E-state index is -1.20. The third-order valence-corrected chi connectivity index (χ3v) is 6.89. The number of nitrogens with zero attached hydrogens (tertiary/aromatic N) is 1. The topological polar surface area (TPSA) is 78.5 Å². The van der Waals surface area contributed by atoms with Gasteiger partial charge < -0.3 is 5.32 Å². The van der Waals surface area contributed by atoms with Gasteiger partial charge in [-0.1, -0.05) is 36.7 Å². The molecule has 0 unspecified atom stereocenters. The fourth-order valence-electron chi connectivity index (χ4n) is 4.92. The molecular formula is C20H24BrN3O3. The van der Waals surface area contributed by atoms with Crippen molar-refractivity contribution in [1.29, 1.82) is 0 Å². The van der Waals surface area contributed by atoms with E-state index in [9.17, 15) is 14.4 Å². The van der Waals surface area contributed by atoms with E-state index in [0.29, 0.717) is 12.1 Å². The maximum absolute atomic E-state index is 13.4. The van der Waals surface area contributed by atoms with Crippen LogP contribution in [-0.4, -0.2) is 34.7 Å². The smallest absolute Gasteiger partial charge is 0.250 e. The Morgan fingerprint density at radius 1 is 1.19 bits per heavy atom. The first-order chi connectivity index (χ1) is 12.7. The molecule has 0 saturated carbocycles. The molecule has 3 aliphatic heterocycles. The summed E-state index contributed by atoms with van der Waals surface area (Å²) in [5.74, 6) is -1.78. The second kappa shape index (κ2) is 6.14. The first kappa shape index (κ1) is 18.6. The average Bonchev–Trinajstić information content (AvgIpc) is 3.20. The summed E-state index contributed by atoms with van der Waals surface area (Å²) in [5, 5.41) is 6.36. The van der Waals surface area contributed by atoms with Gasteiger partial charge in [-0.25, -0.2) is 0 Å². The van der Waals surface area contributed by atoms with Gasteiger partial charge in [0.15, 0.2) is 0 Å². The minimum Gasteiger partial charge on any atom is -0.324 e. The summed E-state index contributed by atoms with van der Waals surface area (Å²) in [4.78, 5) is 41.3. The van der Waals surface area contributed by atoms with Gasteiger partial charge in [-0.3, -0.25) is 24.6 Å². The number of benzene rings is 1. The van der Waals surface area contributed by atoms with Crippen molar-refractivity contribution in [3.63, 3.8) is 0 Å². The van der Waals surface area contributed by atoms with E-state index < -0.39 is 17.4 Å². The lowest BCUT2D eigenvalue weighted by molar-refractivity contribution is -0.145. The monoisotopic (exact) mass is 433 g/mol. The number of anilines is 1. The molecule has 0 aliphatic carbocycles. The molecule has 3 amide bonds.